The van der Waals surface area contributed by atoms with Gasteiger partial charge in [-0.05, 0) is 61.5 Å². The van der Waals surface area contributed by atoms with Gasteiger partial charge in [-0.15, -0.1) is 0 Å². The van der Waals surface area contributed by atoms with Crippen LogP contribution in [0.5, 0.6) is 17.2 Å². The van der Waals surface area contributed by atoms with Crippen LogP contribution < -0.4 is 30.2 Å². The van der Waals surface area contributed by atoms with E-state index in [0.29, 0.717) is 28.6 Å². The highest BCUT2D eigenvalue weighted by atomic mass is 19.1. The largest absolute Gasteiger partial charge is 0.487 e. The van der Waals surface area contributed by atoms with Gasteiger partial charge in [0, 0.05) is 42.6 Å². The molecule has 4 N–H and O–H groups in total. The summed E-state index contributed by atoms with van der Waals surface area (Å²) in [6, 6.07) is 13.7. The molecule has 0 saturated carbocycles. The quantitative estimate of drug-likeness (QED) is 0.308. The summed E-state index contributed by atoms with van der Waals surface area (Å²) in [5, 5.41) is 18.1. The number of urea groups is 2. The molecule has 0 aliphatic carbocycles. The molecule has 2 heterocycles. The molecule has 3 aromatic rings. The number of halogens is 1. The van der Waals surface area contributed by atoms with Gasteiger partial charge in [-0.2, -0.15) is 0 Å². The average Bonchev–Trinajstić information content (AvgIpc) is 3.48. The first-order chi connectivity index (χ1) is 21.1. The highest BCUT2D eigenvalue weighted by Gasteiger charge is 2.34. The Bertz CT molecular complexity index is 1540. The molecule has 3 aromatic carbocycles. The van der Waals surface area contributed by atoms with Gasteiger partial charge in [0.15, 0.2) is 11.5 Å². The Labute approximate surface area is 253 Å². The molecule has 0 radical (unpaired) electrons. The van der Waals surface area contributed by atoms with Crippen LogP contribution in [0.4, 0.5) is 31.0 Å². The first-order valence-electron chi connectivity index (χ1n) is 14.1. The topological polar surface area (TPSA) is 142 Å². The second-order valence-corrected chi connectivity index (χ2v) is 10.8. The van der Waals surface area contributed by atoms with Gasteiger partial charge in [0.1, 0.15) is 17.7 Å². The van der Waals surface area contributed by atoms with Crippen molar-refractivity contribution < 1.29 is 38.1 Å². The number of anilines is 3. The molecule has 5 rings (SSSR count). The summed E-state index contributed by atoms with van der Waals surface area (Å²) in [6.45, 7) is 3.97. The molecule has 0 unspecified atom stereocenters. The number of hydrogen-bond acceptors (Lipinski definition) is 7. The van der Waals surface area contributed by atoms with E-state index in [9.17, 15) is 23.9 Å². The minimum Gasteiger partial charge on any atom is -0.487 e. The first-order valence-corrected chi connectivity index (χ1v) is 14.1. The number of amides is 5. The lowest BCUT2D eigenvalue weighted by Gasteiger charge is -2.38. The number of hydrogen-bond donors (Lipinski definition) is 4. The lowest BCUT2D eigenvalue weighted by Crippen LogP contribution is -2.50. The summed E-state index contributed by atoms with van der Waals surface area (Å²) >= 11 is 0. The normalized spacial score (nSPS) is 17.8. The monoisotopic (exact) mass is 607 g/mol. The molecule has 5 amide bonds. The van der Waals surface area contributed by atoms with Gasteiger partial charge in [-0.1, -0.05) is 6.92 Å². The zero-order chi connectivity index (χ0) is 31.4. The van der Waals surface area contributed by atoms with E-state index in [2.05, 4.69) is 16.0 Å². The van der Waals surface area contributed by atoms with Crippen LogP contribution in [0.3, 0.4) is 0 Å². The summed E-state index contributed by atoms with van der Waals surface area (Å²) in [4.78, 5) is 42.4. The van der Waals surface area contributed by atoms with E-state index in [4.69, 9.17) is 14.2 Å². The number of carbonyl (C=O) groups excluding carboxylic acids is 3. The van der Waals surface area contributed by atoms with Gasteiger partial charge in [0.2, 0.25) is 6.79 Å². The summed E-state index contributed by atoms with van der Waals surface area (Å²) in [7, 11) is 1.64. The minimum atomic E-state index is -0.585. The van der Waals surface area contributed by atoms with Crippen LogP contribution in [-0.2, 0) is 0 Å². The fourth-order valence-corrected chi connectivity index (χ4v) is 4.89. The van der Waals surface area contributed by atoms with E-state index in [1.807, 2.05) is 6.92 Å². The maximum absolute atomic E-state index is 13.7. The Balaban J connectivity index is 1.33. The maximum Gasteiger partial charge on any atom is 0.323 e. The van der Waals surface area contributed by atoms with Crippen molar-refractivity contribution in [1.82, 2.24) is 9.80 Å². The van der Waals surface area contributed by atoms with Crippen LogP contribution in [-0.4, -0.2) is 78.6 Å². The molecule has 12 nitrogen and oxygen atoms in total. The molecule has 44 heavy (non-hydrogen) atoms. The number of aliphatic hydroxyl groups excluding tert-OH is 1. The highest BCUT2D eigenvalue weighted by molar-refractivity contribution is 6.02. The van der Waals surface area contributed by atoms with E-state index in [-0.39, 0.29) is 55.7 Å². The van der Waals surface area contributed by atoms with Crippen LogP contribution in [0.1, 0.15) is 24.2 Å². The van der Waals surface area contributed by atoms with Crippen molar-refractivity contribution >= 4 is 35.0 Å². The van der Waals surface area contributed by atoms with Gasteiger partial charge in [-0.25, -0.2) is 14.0 Å². The Kier molecular flexibility index (Phi) is 9.04. The van der Waals surface area contributed by atoms with Gasteiger partial charge in [0.05, 0.1) is 24.8 Å². The number of fused-ring (bicyclic) bond motifs is 2. The van der Waals surface area contributed by atoms with Gasteiger partial charge in [0.25, 0.3) is 5.91 Å². The van der Waals surface area contributed by atoms with E-state index in [1.165, 1.54) is 35.2 Å². The predicted octanol–water partition coefficient (Wildman–Crippen LogP) is 4.58. The van der Waals surface area contributed by atoms with Crippen molar-refractivity contribution in [3.05, 3.63) is 72.0 Å². The fraction of sp³-hybridized carbons (Fsp3) is 0.323. The minimum absolute atomic E-state index is 0.125. The average molecular weight is 608 g/mol. The first kappa shape index (κ1) is 30.4. The van der Waals surface area contributed by atoms with Crippen molar-refractivity contribution in [3.8, 4) is 17.2 Å². The van der Waals surface area contributed by atoms with Crippen LogP contribution in [0, 0.1) is 11.7 Å². The Hall–Kier alpha value is -5.04. The van der Waals surface area contributed by atoms with E-state index in [0.717, 1.165) is 0 Å². The van der Waals surface area contributed by atoms with Crippen molar-refractivity contribution in [2.45, 2.75) is 26.0 Å². The molecule has 3 atom stereocenters. The third-order valence-electron chi connectivity index (χ3n) is 7.45. The van der Waals surface area contributed by atoms with Gasteiger partial charge in [-0.3, -0.25) is 4.79 Å². The SMILES string of the molecule is C[C@H]1CN([C@@H](C)CO)C(=O)c2cc(NC(=O)Nc3ccc(F)cc3)ccc2O[C@@H]1CN(C)C(=O)Nc1ccc2c(c1)OCO2. The van der Waals surface area contributed by atoms with Crippen LogP contribution in [0.15, 0.2) is 60.7 Å². The zero-order valence-corrected chi connectivity index (χ0v) is 24.5. The predicted molar refractivity (Wildman–Crippen MR) is 161 cm³/mol. The second kappa shape index (κ2) is 13.1. The standard InChI is InChI=1S/C31H34FN5O7/c1-18-14-37(19(2)16-38)29(39)24-12-22(34-30(40)33-21-6-4-20(32)5-7-21)8-10-25(24)44-28(18)15-36(3)31(41)35-23-9-11-26-27(13-23)43-17-42-26/h4-13,18-19,28,38H,14-17H2,1-3H3,(H,35,41)(H2,33,34,40)/t18-,19-,28+/m0/s1. The molecule has 0 aromatic heterocycles. The van der Waals surface area contributed by atoms with Gasteiger partial charge < -0.3 is 45.1 Å². The van der Waals surface area contributed by atoms with E-state index >= 15 is 0 Å². The molecule has 2 aliphatic heterocycles. The third-order valence-corrected chi connectivity index (χ3v) is 7.45. The maximum atomic E-state index is 13.7. The summed E-state index contributed by atoms with van der Waals surface area (Å²) < 4.78 is 30.3. The zero-order valence-electron chi connectivity index (χ0n) is 24.5. The molecule has 0 saturated heterocycles. The van der Waals surface area contributed by atoms with E-state index in [1.54, 1.807) is 49.2 Å². The lowest BCUT2D eigenvalue weighted by molar-refractivity contribution is 0.0371. The highest BCUT2D eigenvalue weighted by Crippen LogP contribution is 2.34. The summed E-state index contributed by atoms with van der Waals surface area (Å²) in [5.41, 5.74) is 1.44. The fourth-order valence-electron chi connectivity index (χ4n) is 4.89. The van der Waals surface area contributed by atoms with Crippen LogP contribution in [0.2, 0.25) is 0 Å². The molecule has 232 valence electrons. The number of nitrogens with one attached hydrogen (secondary N) is 3. The van der Waals surface area contributed by atoms with Crippen LogP contribution >= 0.6 is 0 Å². The number of carbonyl (C=O) groups is 3. The van der Waals surface area contributed by atoms with Crippen molar-refractivity contribution in [2.24, 2.45) is 5.92 Å². The third kappa shape index (κ3) is 6.94. The van der Waals surface area contributed by atoms with E-state index < -0.39 is 24.0 Å². The number of ether oxygens (including phenoxy) is 3. The number of likely N-dealkylation sites (N-methyl/N-ethyl adjacent to an activating group) is 1. The number of aliphatic hydroxyl groups is 1. The smallest absolute Gasteiger partial charge is 0.323 e. The van der Waals surface area contributed by atoms with Gasteiger partial charge >= 0.3 is 12.1 Å². The molecule has 13 heteroatoms. The summed E-state index contributed by atoms with van der Waals surface area (Å²) in [6.07, 6.45) is -0.525. The van der Waals surface area contributed by atoms with Crippen molar-refractivity contribution in [2.75, 3.05) is 49.5 Å². The number of rotatable bonds is 7. The Morgan fingerprint density at radius 3 is 2.34 bits per heavy atom. The second-order valence-electron chi connectivity index (χ2n) is 10.8. The van der Waals surface area contributed by atoms with Crippen LogP contribution in [0.25, 0.3) is 0 Å². The van der Waals surface area contributed by atoms with Crippen molar-refractivity contribution in [1.29, 1.82) is 0 Å². The summed E-state index contributed by atoms with van der Waals surface area (Å²) in [5.74, 6) is 0.403. The molecular formula is C31H34FN5O7. The molecular weight excluding hydrogens is 573 g/mol. The molecule has 0 fully saturated rings. The van der Waals surface area contributed by atoms with Crippen molar-refractivity contribution in [3.63, 3.8) is 0 Å². The Morgan fingerprint density at radius 2 is 1.61 bits per heavy atom. The molecule has 0 spiro atoms. The number of nitrogens with zero attached hydrogens (tertiary/aromatic N) is 2. The number of benzene rings is 3. The Morgan fingerprint density at radius 1 is 0.977 bits per heavy atom. The molecule has 0 bridgehead atoms. The molecule has 2 aliphatic rings. The lowest BCUT2D eigenvalue weighted by atomic mass is 9.99.